The minimum atomic E-state index is -0.779. The highest BCUT2D eigenvalue weighted by Gasteiger charge is 2.26. The zero-order chi connectivity index (χ0) is 29.4. The molecule has 2 N–H and O–H groups in total. The summed E-state index contributed by atoms with van der Waals surface area (Å²) in [5.41, 5.74) is 0.193. The Hall–Kier alpha value is -3.43. The van der Waals surface area contributed by atoms with Crippen molar-refractivity contribution in [1.29, 1.82) is 0 Å². The first kappa shape index (κ1) is 33.6. The lowest BCUT2D eigenvalue weighted by Gasteiger charge is -2.24. The molecule has 0 heterocycles. The van der Waals surface area contributed by atoms with Gasteiger partial charge in [-0.15, -0.1) is 0 Å². The summed E-state index contributed by atoms with van der Waals surface area (Å²) in [6.07, 6.45) is 4.52. The number of nitrogens with one attached hydrogen (secondary N) is 2. The number of aldehydes is 1. The van der Waals surface area contributed by atoms with Gasteiger partial charge >= 0.3 is 11.9 Å². The summed E-state index contributed by atoms with van der Waals surface area (Å²) in [6.45, 7) is 8.75. The molecule has 1 rings (SSSR count). The lowest BCUT2D eigenvalue weighted by molar-refractivity contribution is -0.157. The van der Waals surface area contributed by atoms with Crippen LogP contribution in [0.2, 0.25) is 0 Å². The average Bonchev–Trinajstić information content (AvgIpc) is 2.86. The molecule has 1 aromatic rings. The van der Waals surface area contributed by atoms with E-state index in [1.807, 2.05) is 13.8 Å². The van der Waals surface area contributed by atoms with Crippen molar-refractivity contribution < 1.29 is 38.2 Å². The third-order valence-corrected chi connectivity index (χ3v) is 5.68. The lowest BCUT2D eigenvalue weighted by atomic mass is 10.0. The Bertz CT molecular complexity index is 938. The van der Waals surface area contributed by atoms with E-state index in [-0.39, 0.29) is 37.2 Å². The van der Waals surface area contributed by atoms with Crippen molar-refractivity contribution in [2.24, 2.45) is 5.92 Å². The van der Waals surface area contributed by atoms with Crippen LogP contribution in [0.3, 0.4) is 0 Å². The van der Waals surface area contributed by atoms with Crippen LogP contribution in [0, 0.1) is 5.92 Å². The number of methoxy groups -OCH3 is 1. The molecule has 1 aromatic carbocycles. The molecule has 0 fully saturated rings. The standard InChI is InChI=1S/C29H44N2O8/c1-20(2)27(31-24(33)11-9-7-8-10-12-25(34)37-6)28(36)30-22(18-32)17-21-13-15-23(16-14-21)38-19-26(35)39-29(3,4)5/h13-16,18,20,22,27H,7-12,17,19H2,1-6H3,(H,30,36)(H,31,33). The first-order chi connectivity index (χ1) is 18.3. The molecule has 10 nitrogen and oxygen atoms in total. The molecule has 0 aliphatic heterocycles. The molecule has 0 aromatic heterocycles. The number of hydrogen-bond donors (Lipinski definition) is 2. The predicted molar refractivity (Wildman–Crippen MR) is 146 cm³/mol. The summed E-state index contributed by atoms with van der Waals surface area (Å²) in [6, 6.07) is 5.30. The van der Waals surface area contributed by atoms with Crippen molar-refractivity contribution in [3.8, 4) is 5.75 Å². The van der Waals surface area contributed by atoms with E-state index in [1.165, 1.54) is 7.11 Å². The molecule has 2 atom stereocenters. The van der Waals surface area contributed by atoms with E-state index >= 15 is 0 Å². The summed E-state index contributed by atoms with van der Waals surface area (Å²) >= 11 is 0. The van der Waals surface area contributed by atoms with Crippen LogP contribution in [0.5, 0.6) is 5.75 Å². The van der Waals surface area contributed by atoms with Crippen LogP contribution in [-0.2, 0) is 39.9 Å². The summed E-state index contributed by atoms with van der Waals surface area (Å²) < 4.78 is 15.3. The highest BCUT2D eigenvalue weighted by Crippen LogP contribution is 2.15. The Morgan fingerprint density at radius 2 is 1.51 bits per heavy atom. The predicted octanol–water partition coefficient (Wildman–Crippen LogP) is 3.29. The second kappa shape index (κ2) is 17.2. The second-order valence-corrected chi connectivity index (χ2v) is 10.8. The normalized spacial score (nSPS) is 12.7. The Labute approximate surface area is 231 Å². The Balaban J connectivity index is 2.53. The molecule has 39 heavy (non-hydrogen) atoms. The van der Waals surface area contributed by atoms with Crippen LogP contribution in [0.25, 0.3) is 0 Å². The number of unbranched alkanes of at least 4 members (excludes halogenated alkanes) is 3. The summed E-state index contributed by atoms with van der Waals surface area (Å²) in [7, 11) is 1.36. The fourth-order valence-corrected chi connectivity index (χ4v) is 3.69. The minimum absolute atomic E-state index is 0.178. The summed E-state index contributed by atoms with van der Waals surface area (Å²) in [4.78, 5) is 60.0. The smallest absolute Gasteiger partial charge is 0.344 e. The molecule has 0 aliphatic rings. The maximum atomic E-state index is 12.9. The molecule has 0 aliphatic carbocycles. The molecule has 10 heteroatoms. The summed E-state index contributed by atoms with van der Waals surface area (Å²) in [5, 5.41) is 5.50. The van der Waals surface area contributed by atoms with E-state index in [1.54, 1.807) is 45.0 Å². The van der Waals surface area contributed by atoms with Crippen LogP contribution in [0.15, 0.2) is 24.3 Å². The average molecular weight is 549 g/mol. The molecule has 0 radical (unpaired) electrons. The number of amides is 2. The van der Waals surface area contributed by atoms with E-state index in [0.717, 1.165) is 18.4 Å². The fraction of sp³-hybridized carbons (Fsp3) is 0.621. The number of rotatable bonds is 17. The van der Waals surface area contributed by atoms with Crippen molar-refractivity contribution in [3.05, 3.63) is 29.8 Å². The van der Waals surface area contributed by atoms with Gasteiger partial charge in [-0.2, -0.15) is 0 Å². The first-order valence-corrected chi connectivity index (χ1v) is 13.4. The van der Waals surface area contributed by atoms with Crippen molar-refractivity contribution in [3.63, 3.8) is 0 Å². The largest absolute Gasteiger partial charge is 0.482 e. The van der Waals surface area contributed by atoms with Crippen LogP contribution < -0.4 is 15.4 Å². The highest BCUT2D eigenvalue weighted by molar-refractivity contribution is 5.89. The van der Waals surface area contributed by atoms with Crippen LogP contribution in [-0.4, -0.2) is 61.4 Å². The maximum absolute atomic E-state index is 12.9. The van der Waals surface area contributed by atoms with E-state index in [2.05, 4.69) is 15.4 Å². The monoisotopic (exact) mass is 548 g/mol. The van der Waals surface area contributed by atoms with Gasteiger partial charge in [-0.25, -0.2) is 4.79 Å². The molecule has 2 unspecified atom stereocenters. The molecule has 0 bridgehead atoms. The van der Waals surface area contributed by atoms with Crippen molar-refractivity contribution in [2.45, 2.75) is 97.2 Å². The van der Waals surface area contributed by atoms with Gasteiger partial charge in [-0.05, 0) is 63.6 Å². The minimum Gasteiger partial charge on any atom is -0.482 e. The van der Waals surface area contributed by atoms with E-state index in [4.69, 9.17) is 9.47 Å². The number of carbonyl (C=O) groups excluding carboxylic acids is 5. The second-order valence-electron chi connectivity index (χ2n) is 10.8. The molecule has 2 amide bonds. The highest BCUT2D eigenvalue weighted by atomic mass is 16.6. The molecule has 0 spiro atoms. The molecular weight excluding hydrogens is 504 g/mol. The zero-order valence-electron chi connectivity index (χ0n) is 24.0. The third kappa shape index (κ3) is 14.9. The SMILES string of the molecule is COC(=O)CCCCCCC(=O)NC(C(=O)NC(C=O)Cc1ccc(OCC(=O)OC(C)(C)C)cc1)C(C)C. The van der Waals surface area contributed by atoms with Crippen LogP contribution in [0.4, 0.5) is 0 Å². The van der Waals surface area contributed by atoms with E-state index < -0.39 is 29.6 Å². The fourth-order valence-electron chi connectivity index (χ4n) is 3.69. The van der Waals surface area contributed by atoms with Crippen molar-refractivity contribution in [2.75, 3.05) is 13.7 Å². The lowest BCUT2D eigenvalue weighted by Crippen LogP contribution is -2.52. The summed E-state index contributed by atoms with van der Waals surface area (Å²) in [5.74, 6) is -1.08. The van der Waals surface area contributed by atoms with Gasteiger partial charge in [0.05, 0.1) is 13.2 Å². The van der Waals surface area contributed by atoms with Gasteiger partial charge in [-0.1, -0.05) is 38.8 Å². The molecule has 218 valence electrons. The Morgan fingerprint density at radius 1 is 0.897 bits per heavy atom. The van der Waals surface area contributed by atoms with Gasteiger partial charge in [0.25, 0.3) is 0 Å². The van der Waals surface area contributed by atoms with Gasteiger partial charge < -0.3 is 29.6 Å². The number of esters is 2. The quantitative estimate of drug-likeness (QED) is 0.172. The number of benzene rings is 1. The van der Waals surface area contributed by atoms with Crippen LogP contribution in [0.1, 0.15) is 78.7 Å². The zero-order valence-corrected chi connectivity index (χ0v) is 24.0. The first-order valence-electron chi connectivity index (χ1n) is 13.4. The van der Waals surface area contributed by atoms with E-state index in [0.29, 0.717) is 31.3 Å². The van der Waals surface area contributed by atoms with E-state index in [9.17, 15) is 24.0 Å². The third-order valence-electron chi connectivity index (χ3n) is 5.68. The Kier molecular flexibility index (Phi) is 14.8. The molecular formula is C29H44N2O8. The Morgan fingerprint density at radius 3 is 2.05 bits per heavy atom. The molecule has 0 saturated heterocycles. The van der Waals surface area contributed by atoms with Crippen LogP contribution >= 0.6 is 0 Å². The molecule has 0 saturated carbocycles. The topological polar surface area (TPSA) is 137 Å². The van der Waals surface area contributed by atoms with Crippen molar-refractivity contribution in [1.82, 2.24) is 10.6 Å². The number of ether oxygens (including phenoxy) is 3. The van der Waals surface area contributed by atoms with Gasteiger partial charge in [-0.3, -0.25) is 14.4 Å². The maximum Gasteiger partial charge on any atom is 0.344 e. The number of hydrogen-bond acceptors (Lipinski definition) is 8. The van der Waals surface area contributed by atoms with Gasteiger partial charge in [0.2, 0.25) is 11.8 Å². The van der Waals surface area contributed by atoms with Gasteiger partial charge in [0.1, 0.15) is 23.7 Å². The van der Waals surface area contributed by atoms with Crippen molar-refractivity contribution >= 4 is 30.0 Å². The van der Waals surface area contributed by atoms with Gasteiger partial charge in [0.15, 0.2) is 6.61 Å². The van der Waals surface area contributed by atoms with Gasteiger partial charge in [0, 0.05) is 12.8 Å². The number of carbonyl (C=O) groups is 5.